The Kier molecular flexibility index (Phi) is 8.01. The number of carbonyl (C=O) groups is 2. The molecule has 0 aliphatic carbocycles. The van der Waals surface area contributed by atoms with Gasteiger partial charge in [-0.05, 0) is 35.7 Å². The summed E-state index contributed by atoms with van der Waals surface area (Å²) in [6.45, 7) is 2.15. The van der Waals surface area contributed by atoms with Gasteiger partial charge in [-0.2, -0.15) is 0 Å². The fourth-order valence-electron chi connectivity index (χ4n) is 3.67. The first-order chi connectivity index (χ1) is 15.0. The van der Waals surface area contributed by atoms with Crippen molar-refractivity contribution in [3.8, 4) is 0 Å². The molecule has 0 heterocycles. The smallest absolute Gasteiger partial charge is 0.242 e. The van der Waals surface area contributed by atoms with Gasteiger partial charge in [0.25, 0.3) is 0 Å². The molecule has 160 valence electrons. The first-order valence-electron chi connectivity index (χ1n) is 10.3. The molecule has 5 heteroatoms. The fraction of sp³-hybridized carbons (Fsp3) is 0.231. The van der Waals surface area contributed by atoms with Crippen molar-refractivity contribution in [2.45, 2.75) is 31.8 Å². The van der Waals surface area contributed by atoms with Crippen molar-refractivity contribution in [1.82, 2.24) is 10.2 Å². The van der Waals surface area contributed by atoms with E-state index in [4.69, 9.17) is 0 Å². The summed E-state index contributed by atoms with van der Waals surface area (Å²) < 4.78 is 0.974. The van der Waals surface area contributed by atoms with Gasteiger partial charge in [0.05, 0.1) is 0 Å². The molecule has 3 aromatic rings. The lowest BCUT2D eigenvalue weighted by molar-refractivity contribution is -0.140. The molecule has 0 aliphatic rings. The fourth-order valence-corrected chi connectivity index (χ4v) is 3.93. The van der Waals surface area contributed by atoms with Crippen LogP contribution in [0.3, 0.4) is 0 Å². The van der Waals surface area contributed by atoms with Gasteiger partial charge < -0.3 is 10.2 Å². The number of likely N-dealkylation sites (N-methyl/N-ethyl adjacent to an activating group) is 1. The van der Waals surface area contributed by atoms with E-state index in [0.717, 1.165) is 21.2 Å². The molecule has 0 radical (unpaired) electrons. The highest BCUT2D eigenvalue weighted by Crippen LogP contribution is 2.29. The van der Waals surface area contributed by atoms with E-state index >= 15 is 0 Å². The Morgan fingerprint density at radius 2 is 1.39 bits per heavy atom. The molecule has 0 aromatic heterocycles. The molecular formula is C26H27BrN2O2. The molecule has 2 amide bonds. The van der Waals surface area contributed by atoms with Gasteiger partial charge in [0.2, 0.25) is 11.8 Å². The molecule has 0 aliphatic heterocycles. The van der Waals surface area contributed by atoms with Crippen LogP contribution in [0.5, 0.6) is 0 Å². The Hall–Kier alpha value is -2.92. The van der Waals surface area contributed by atoms with Gasteiger partial charge in [0, 0.05) is 30.4 Å². The van der Waals surface area contributed by atoms with Gasteiger partial charge >= 0.3 is 0 Å². The van der Waals surface area contributed by atoms with Crippen LogP contribution in [-0.2, 0) is 16.1 Å². The zero-order chi connectivity index (χ0) is 22.2. The normalized spacial score (nSPS) is 11.7. The third-order valence-corrected chi connectivity index (χ3v) is 5.99. The molecule has 4 nitrogen and oxygen atoms in total. The average molecular weight is 479 g/mol. The van der Waals surface area contributed by atoms with E-state index in [9.17, 15) is 9.59 Å². The van der Waals surface area contributed by atoms with Crippen LogP contribution in [0, 0.1) is 0 Å². The predicted octanol–water partition coefficient (Wildman–Crippen LogP) is 5.13. The summed E-state index contributed by atoms with van der Waals surface area (Å²) >= 11 is 3.44. The van der Waals surface area contributed by atoms with E-state index in [2.05, 4.69) is 21.2 Å². The third-order valence-electron chi connectivity index (χ3n) is 5.46. The zero-order valence-electron chi connectivity index (χ0n) is 17.8. The molecule has 3 aromatic carbocycles. The van der Waals surface area contributed by atoms with Crippen LogP contribution in [0.25, 0.3) is 0 Å². The summed E-state index contributed by atoms with van der Waals surface area (Å²) in [6.07, 6.45) is 0.284. The van der Waals surface area contributed by atoms with Crippen molar-refractivity contribution < 1.29 is 9.59 Å². The summed E-state index contributed by atoms with van der Waals surface area (Å²) in [5, 5.41) is 2.67. The Morgan fingerprint density at radius 3 is 1.87 bits per heavy atom. The Morgan fingerprint density at radius 1 is 0.871 bits per heavy atom. The standard InChI is InChI=1S/C26H27BrN2O2/c1-19(26(31)28-2)29(18-20-13-15-23(27)16-14-20)25(30)17-24(21-9-5-3-6-10-21)22-11-7-4-8-12-22/h3-16,19,24H,17-18H2,1-2H3,(H,28,31)/t19-/m1/s1. The summed E-state index contributed by atoms with van der Waals surface area (Å²) in [4.78, 5) is 27.7. The first-order valence-corrected chi connectivity index (χ1v) is 11.1. The van der Waals surface area contributed by atoms with Crippen LogP contribution in [0.2, 0.25) is 0 Å². The third kappa shape index (κ3) is 6.05. The lowest BCUT2D eigenvalue weighted by Crippen LogP contribution is -2.47. The first kappa shape index (κ1) is 22.8. The molecule has 0 spiro atoms. The molecule has 31 heavy (non-hydrogen) atoms. The summed E-state index contributed by atoms with van der Waals surface area (Å²) in [6, 6.07) is 27.3. The van der Waals surface area contributed by atoms with E-state index in [0.29, 0.717) is 6.54 Å². The summed E-state index contributed by atoms with van der Waals surface area (Å²) in [5.74, 6) is -0.322. The second-order valence-electron chi connectivity index (χ2n) is 7.52. The molecule has 0 bridgehead atoms. The van der Waals surface area contributed by atoms with Crippen molar-refractivity contribution in [2.24, 2.45) is 0 Å². The predicted molar refractivity (Wildman–Crippen MR) is 128 cm³/mol. The minimum Gasteiger partial charge on any atom is -0.357 e. The molecule has 0 fully saturated rings. The number of nitrogens with one attached hydrogen (secondary N) is 1. The minimum absolute atomic E-state index is 0.0586. The van der Waals surface area contributed by atoms with Crippen molar-refractivity contribution >= 4 is 27.7 Å². The van der Waals surface area contributed by atoms with Gasteiger partial charge in [-0.1, -0.05) is 88.7 Å². The maximum atomic E-state index is 13.6. The lowest BCUT2D eigenvalue weighted by atomic mass is 9.88. The van der Waals surface area contributed by atoms with Gasteiger partial charge in [-0.25, -0.2) is 0 Å². The highest BCUT2D eigenvalue weighted by molar-refractivity contribution is 9.10. The van der Waals surface area contributed by atoms with E-state index in [1.807, 2.05) is 84.9 Å². The minimum atomic E-state index is -0.576. The summed E-state index contributed by atoms with van der Waals surface area (Å²) in [7, 11) is 1.60. The molecule has 0 saturated carbocycles. The second kappa shape index (κ2) is 10.9. The maximum Gasteiger partial charge on any atom is 0.242 e. The van der Waals surface area contributed by atoms with Gasteiger partial charge in [0.1, 0.15) is 6.04 Å². The van der Waals surface area contributed by atoms with Gasteiger partial charge in [-0.3, -0.25) is 9.59 Å². The van der Waals surface area contributed by atoms with Crippen LogP contribution >= 0.6 is 15.9 Å². The lowest BCUT2D eigenvalue weighted by Gasteiger charge is -2.30. The average Bonchev–Trinajstić information content (AvgIpc) is 2.82. The van der Waals surface area contributed by atoms with Crippen LogP contribution in [0.4, 0.5) is 0 Å². The zero-order valence-corrected chi connectivity index (χ0v) is 19.4. The number of nitrogens with zero attached hydrogens (tertiary/aromatic N) is 1. The Labute approximate surface area is 192 Å². The highest BCUT2D eigenvalue weighted by atomic mass is 79.9. The van der Waals surface area contributed by atoms with Gasteiger partial charge in [-0.15, -0.1) is 0 Å². The van der Waals surface area contributed by atoms with Crippen molar-refractivity contribution in [1.29, 1.82) is 0 Å². The number of halogens is 1. The van der Waals surface area contributed by atoms with Crippen LogP contribution in [-0.4, -0.2) is 29.8 Å². The number of carbonyl (C=O) groups excluding carboxylic acids is 2. The van der Waals surface area contributed by atoms with Crippen LogP contribution < -0.4 is 5.32 Å². The summed E-state index contributed by atoms with van der Waals surface area (Å²) in [5.41, 5.74) is 3.14. The van der Waals surface area contributed by atoms with Crippen LogP contribution in [0.15, 0.2) is 89.4 Å². The van der Waals surface area contributed by atoms with Crippen molar-refractivity contribution in [3.63, 3.8) is 0 Å². The second-order valence-corrected chi connectivity index (χ2v) is 8.43. The monoisotopic (exact) mass is 478 g/mol. The van der Waals surface area contributed by atoms with E-state index < -0.39 is 6.04 Å². The maximum absolute atomic E-state index is 13.6. The van der Waals surface area contributed by atoms with E-state index in [-0.39, 0.29) is 24.2 Å². The largest absolute Gasteiger partial charge is 0.357 e. The molecule has 3 rings (SSSR count). The van der Waals surface area contributed by atoms with Crippen molar-refractivity contribution in [2.75, 3.05) is 7.05 Å². The number of benzene rings is 3. The molecule has 0 saturated heterocycles. The van der Waals surface area contributed by atoms with E-state index in [1.54, 1.807) is 18.9 Å². The quantitative estimate of drug-likeness (QED) is 0.487. The molecule has 1 atom stereocenters. The van der Waals surface area contributed by atoms with Crippen LogP contribution in [0.1, 0.15) is 36.0 Å². The molecule has 1 N–H and O–H groups in total. The molecular weight excluding hydrogens is 452 g/mol. The van der Waals surface area contributed by atoms with Gasteiger partial charge in [0.15, 0.2) is 0 Å². The van der Waals surface area contributed by atoms with Crippen molar-refractivity contribution in [3.05, 3.63) is 106 Å². The number of hydrogen-bond acceptors (Lipinski definition) is 2. The Bertz CT molecular complexity index is 951. The topological polar surface area (TPSA) is 49.4 Å². The Balaban J connectivity index is 1.90. The molecule has 0 unspecified atom stereocenters. The highest BCUT2D eigenvalue weighted by Gasteiger charge is 2.28. The number of amides is 2. The SMILES string of the molecule is CNC(=O)[C@@H](C)N(Cc1ccc(Br)cc1)C(=O)CC(c1ccccc1)c1ccccc1. The number of rotatable bonds is 8. The number of hydrogen-bond donors (Lipinski definition) is 1. The van der Waals surface area contributed by atoms with E-state index in [1.165, 1.54) is 0 Å².